The molecule has 0 bridgehead atoms. The Balaban J connectivity index is 0.000000327. The summed E-state index contributed by atoms with van der Waals surface area (Å²) in [6.07, 6.45) is 4.67. The molecule has 0 spiro atoms. The molecule has 5 rings (SSSR count). The smallest absolute Gasteiger partial charge is 0.352 e. The van der Waals surface area contributed by atoms with Crippen LogP contribution in [0.4, 0.5) is 0 Å². The number of nitrogens with one attached hydrogen (secondary N) is 1. The first-order valence-electron chi connectivity index (χ1n) is 11.4. The van der Waals surface area contributed by atoms with Gasteiger partial charge in [0.1, 0.15) is 11.1 Å². The number of ether oxygens (including phenoxy) is 1. The molecule has 14 nitrogen and oxygen atoms in total. The number of rotatable bonds is 9. The monoisotopic (exact) mass is 612 g/mol. The van der Waals surface area contributed by atoms with Gasteiger partial charge in [0.05, 0.1) is 29.4 Å². The zero-order chi connectivity index (χ0) is 28.2. The lowest BCUT2D eigenvalue weighted by Crippen LogP contribution is -2.80. The van der Waals surface area contributed by atoms with Crippen LogP contribution in [0.25, 0.3) is 0 Å². The molecule has 4 aliphatic heterocycles. The van der Waals surface area contributed by atoms with Crippen molar-refractivity contribution in [2.75, 3.05) is 35.9 Å². The van der Waals surface area contributed by atoms with Crippen LogP contribution in [0.15, 0.2) is 28.7 Å². The minimum atomic E-state index is -1.64. The summed E-state index contributed by atoms with van der Waals surface area (Å²) in [6, 6.07) is 1.92. The number of hydrogen-bond acceptors (Lipinski definition) is 13. The van der Waals surface area contributed by atoms with Crippen molar-refractivity contribution in [3.8, 4) is 6.07 Å². The molecule has 3 amide bonds. The van der Waals surface area contributed by atoms with E-state index in [1.165, 1.54) is 35.3 Å². The van der Waals surface area contributed by atoms with Gasteiger partial charge in [-0.15, -0.1) is 40.4 Å². The number of thioether (sulfide) groups is 4. The molecular formula is C21H24N8O6S4. The minimum absolute atomic E-state index is 0.0153. The second-order valence-electron chi connectivity index (χ2n) is 8.29. The highest BCUT2D eigenvalue weighted by molar-refractivity contribution is 8.01. The van der Waals surface area contributed by atoms with Crippen molar-refractivity contribution in [1.82, 2.24) is 35.3 Å². The predicted octanol–water partition coefficient (Wildman–Crippen LogP) is 0.0770. The number of nitrogens with zero attached hydrogens (tertiary/aromatic N) is 7. The van der Waals surface area contributed by atoms with Crippen LogP contribution in [0.3, 0.4) is 0 Å². The van der Waals surface area contributed by atoms with Crippen LogP contribution < -0.4 is 5.32 Å². The summed E-state index contributed by atoms with van der Waals surface area (Å²) < 4.78 is 6.83. The minimum Gasteiger partial charge on any atom is -0.477 e. The van der Waals surface area contributed by atoms with Gasteiger partial charge in [-0.05, 0) is 16.0 Å². The van der Waals surface area contributed by atoms with Crippen LogP contribution in [-0.4, -0.2) is 111 Å². The van der Waals surface area contributed by atoms with Gasteiger partial charge in [-0.1, -0.05) is 17.8 Å². The summed E-state index contributed by atoms with van der Waals surface area (Å²) in [5.74, 6) is -0.282. The molecule has 0 unspecified atom stereocenters. The van der Waals surface area contributed by atoms with E-state index in [0.29, 0.717) is 21.9 Å². The van der Waals surface area contributed by atoms with E-state index in [1.54, 1.807) is 11.9 Å². The maximum Gasteiger partial charge on any atom is 0.352 e. The first kappa shape index (κ1) is 29.3. The van der Waals surface area contributed by atoms with Gasteiger partial charge in [0.25, 0.3) is 11.6 Å². The van der Waals surface area contributed by atoms with E-state index in [9.17, 15) is 24.3 Å². The number of β-lactam (4-membered cyclic amide) rings is 2. The van der Waals surface area contributed by atoms with Crippen LogP contribution in [0.2, 0.25) is 0 Å². The highest BCUT2D eigenvalue weighted by Crippen LogP contribution is 2.47. The van der Waals surface area contributed by atoms with Crippen LogP contribution in [0.1, 0.15) is 6.42 Å². The molecule has 0 aliphatic carbocycles. The zero-order valence-corrected chi connectivity index (χ0v) is 24.1. The molecule has 0 saturated carbocycles. The molecule has 4 aliphatic rings. The molecule has 18 heteroatoms. The highest BCUT2D eigenvalue weighted by Gasteiger charge is 2.66. The van der Waals surface area contributed by atoms with Crippen LogP contribution in [0.5, 0.6) is 0 Å². The normalized spacial score (nSPS) is 24.9. The van der Waals surface area contributed by atoms with Crippen molar-refractivity contribution in [3.63, 3.8) is 0 Å². The lowest BCUT2D eigenvalue weighted by Gasteiger charge is -2.55. The molecule has 2 saturated heterocycles. The number of hydrogen-bond donors (Lipinski definition) is 2. The van der Waals surface area contributed by atoms with E-state index < -0.39 is 28.9 Å². The second-order valence-corrected chi connectivity index (χ2v) is 12.5. The summed E-state index contributed by atoms with van der Waals surface area (Å²) in [5, 5.41) is 32.3. The van der Waals surface area contributed by atoms with Gasteiger partial charge in [0, 0.05) is 37.6 Å². The molecule has 5 heterocycles. The maximum atomic E-state index is 12.9. The average molecular weight is 613 g/mol. The number of nitriles is 1. The molecule has 2 fully saturated rings. The summed E-state index contributed by atoms with van der Waals surface area (Å²) in [5.41, 5.74) is -1.21. The number of methoxy groups -OCH3 is 1. The van der Waals surface area contributed by atoms with Gasteiger partial charge in [-0.25, -0.2) is 9.48 Å². The SMILES string of the molecule is CO[C@@]1(NC(=O)CSCC#N)C(=O)N2C(C(=O)O)=C(CSc3nnnn3C)CS[C@@H]21.O=C1C[C@H]2SCC=CN12. The summed E-state index contributed by atoms with van der Waals surface area (Å²) >= 11 is 5.50. The van der Waals surface area contributed by atoms with Gasteiger partial charge >= 0.3 is 5.97 Å². The number of carbonyl (C=O) groups is 4. The number of carboxylic acids is 1. The van der Waals surface area contributed by atoms with Crippen molar-refractivity contribution < 1.29 is 29.0 Å². The van der Waals surface area contributed by atoms with Crippen molar-refractivity contribution in [1.29, 1.82) is 5.26 Å². The van der Waals surface area contributed by atoms with Gasteiger partial charge in [0.2, 0.25) is 17.0 Å². The largest absolute Gasteiger partial charge is 0.477 e. The Bertz CT molecular complexity index is 1270. The van der Waals surface area contributed by atoms with Crippen molar-refractivity contribution in [3.05, 3.63) is 23.5 Å². The Labute approximate surface area is 240 Å². The Morgan fingerprint density at radius 1 is 1.38 bits per heavy atom. The summed E-state index contributed by atoms with van der Waals surface area (Å²) in [6.45, 7) is 0. The molecular weight excluding hydrogens is 589 g/mol. The molecule has 39 heavy (non-hydrogen) atoms. The van der Waals surface area contributed by atoms with E-state index in [2.05, 4.69) is 20.8 Å². The number of aryl methyl sites for hydroxylation is 1. The molecule has 2 N–H and O–H groups in total. The first-order chi connectivity index (χ1) is 18.7. The molecule has 0 radical (unpaired) electrons. The van der Waals surface area contributed by atoms with Gasteiger partial charge in [-0.2, -0.15) is 5.26 Å². The number of amides is 3. The number of aromatic nitrogens is 4. The van der Waals surface area contributed by atoms with E-state index in [1.807, 2.05) is 30.1 Å². The lowest BCUT2D eigenvalue weighted by atomic mass is 9.98. The van der Waals surface area contributed by atoms with E-state index in [0.717, 1.165) is 28.8 Å². The second kappa shape index (κ2) is 12.6. The summed E-state index contributed by atoms with van der Waals surface area (Å²) in [4.78, 5) is 50.8. The molecule has 1 aromatic heterocycles. The van der Waals surface area contributed by atoms with Crippen LogP contribution in [-0.2, 0) is 31.0 Å². The Kier molecular flexibility index (Phi) is 9.48. The molecule has 3 atom stereocenters. The maximum absolute atomic E-state index is 12.9. The van der Waals surface area contributed by atoms with Crippen molar-refractivity contribution in [2.45, 2.75) is 28.0 Å². The number of tetrazole rings is 1. The van der Waals surface area contributed by atoms with Gasteiger partial charge in [0.15, 0.2) is 0 Å². The average Bonchev–Trinajstić information content (AvgIpc) is 3.34. The van der Waals surface area contributed by atoms with Crippen LogP contribution in [0, 0.1) is 11.3 Å². The standard InChI is InChI=1S/C15H17N7O5S3.C6H7NOS/c1-21-14(18-19-20-21)30-6-8-5-29-13-15(27-2,17-9(23)7-28-4-3-16)12(26)22(13)10(8)11(24)25;8-5-4-6-7(5)2-1-3-9-6/h13H,4-7H2,1-2H3,(H,17,23)(H,24,25);1-2,6H,3-4H2/t13-,15+;6-/m11/s1. The third-order valence-corrected chi connectivity index (χ3v) is 10.3. The quantitative estimate of drug-likeness (QED) is 0.165. The number of fused-ring (bicyclic) bond motifs is 2. The number of carboxylic acid groups (broad SMARTS) is 1. The van der Waals surface area contributed by atoms with E-state index in [-0.39, 0.29) is 28.9 Å². The summed E-state index contributed by atoms with van der Waals surface area (Å²) in [7, 11) is 2.96. The molecule has 208 valence electrons. The third kappa shape index (κ3) is 5.91. The third-order valence-electron chi connectivity index (χ3n) is 5.91. The molecule has 0 aromatic carbocycles. The fourth-order valence-corrected chi connectivity index (χ4v) is 7.93. The van der Waals surface area contributed by atoms with E-state index >= 15 is 0 Å². The number of carbonyl (C=O) groups excluding carboxylic acids is 3. The Morgan fingerprint density at radius 2 is 2.18 bits per heavy atom. The lowest BCUT2D eigenvalue weighted by molar-refractivity contribution is -0.192. The fraction of sp³-hybridized carbons (Fsp3) is 0.524. The zero-order valence-electron chi connectivity index (χ0n) is 20.8. The predicted molar refractivity (Wildman–Crippen MR) is 145 cm³/mol. The first-order valence-corrected chi connectivity index (χ1v) is 15.6. The fourth-order valence-electron chi connectivity index (χ4n) is 4.02. The highest BCUT2D eigenvalue weighted by atomic mass is 32.2. The van der Waals surface area contributed by atoms with Gasteiger partial charge in [-0.3, -0.25) is 19.3 Å². The number of aliphatic carboxylic acids is 1. The Hall–Kier alpha value is -2.72. The van der Waals surface area contributed by atoms with Gasteiger partial charge < -0.3 is 20.1 Å². The van der Waals surface area contributed by atoms with Crippen molar-refractivity contribution in [2.24, 2.45) is 7.05 Å². The Morgan fingerprint density at radius 3 is 2.77 bits per heavy atom. The van der Waals surface area contributed by atoms with E-state index in [4.69, 9.17) is 10.00 Å². The van der Waals surface area contributed by atoms with Crippen LogP contribution >= 0.6 is 47.0 Å². The topological polar surface area (TPSA) is 184 Å². The van der Waals surface area contributed by atoms with Crippen molar-refractivity contribution >= 4 is 70.7 Å². The molecule has 1 aromatic rings.